The van der Waals surface area contributed by atoms with Crippen molar-refractivity contribution in [3.8, 4) is 23.0 Å². The molecule has 3 aromatic rings. The number of hydrogen-bond donors (Lipinski definition) is 1. The molecule has 3 aromatic carbocycles. The Morgan fingerprint density at radius 1 is 0.931 bits per heavy atom. The zero-order chi connectivity index (χ0) is 20.6. The summed E-state index contributed by atoms with van der Waals surface area (Å²) in [5.41, 5.74) is 2.23. The number of benzene rings is 3. The van der Waals surface area contributed by atoms with Gasteiger partial charge in [-0.2, -0.15) is 0 Å². The third-order valence-corrected chi connectivity index (χ3v) is 4.32. The second kappa shape index (κ2) is 9.64. The van der Waals surface area contributed by atoms with Crippen LogP contribution < -0.4 is 19.5 Å². The molecule has 0 aliphatic rings. The van der Waals surface area contributed by atoms with Gasteiger partial charge >= 0.3 is 0 Å². The molecule has 0 fully saturated rings. The molecule has 150 valence electrons. The standard InChI is InChI=1S/C24H25NO4/c1-4-15-28-22-14-9-18(16-23(22)27-3)24(26)25-19-10-12-20(13-11-19)29-21-8-6-5-7-17(21)2/h5-14,16H,4,15H2,1-3H3,(H,25,26). The minimum Gasteiger partial charge on any atom is -0.493 e. The van der Waals surface area contributed by atoms with Crippen molar-refractivity contribution in [2.24, 2.45) is 0 Å². The van der Waals surface area contributed by atoms with Crippen molar-refractivity contribution in [2.75, 3.05) is 19.0 Å². The van der Waals surface area contributed by atoms with E-state index in [2.05, 4.69) is 5.32 Å². The Hall–Kier alpha value is -3.47. The molecular weight excluding hydrogens is 366 g/mol. The number of ether oxygens (including phenoxy) is 3. The molecule has 0 aromatic heterocycles. The lowest BCUT2D eigenvalue weighted by Crippen LogP contribution is -2.12. The van der Waals surface area contributed by atoms with E-state index in [1.165, 1.54) is 0 Å². The first-order valence-electron chi connectivity index (χ1n) is 9.56. The molecule has 1 N–H and O–H groups in total. The Kier molecular flexibility index (Phi) is 6.74. The van der Waals surface area contributed by atoms with Crippen molar-refractivity contribution in [3.05, 3.63) is 77.9 Å². The van der Waals surface area contributed by atoms with E-state index in [9.17, 15) is 4.79 Å². The van der Waals surface area contributed by atoms with Gasteiger partial charge in [0.15, 0.2) is 11.5 Å². The minimum absolute atomic E-state index is 0.224. The Labute approximate surface area is 171 Å². The quantitative estimate of drug-likeness (QED) is 0.524. The predicted octanol–water partition coefficient (Wildman–Crippen LogP) is 5.84. The summed E-state index contributed by atoms with van der Waals surface area (Å²) < 4.78 is 16.9. The fourth-order valence-electron chi connectivity index (χ4n) is 2.75. The van der Waals surface area contributed by atoms with Gasteiger partial charge < -0.3 is 19.5 Å². The van der Waals surface area contributed by atoms with Gasteiger partial charge in [-0.3, -0.25) is 4.79 Å². The van der Waals surface area contributed by atoms with Crippen molar-refractivity contribution in [3.63, 3.8) is 0 Å². The van der Waals surface area contributed by atoms with E-state index < -0.39 is 0 Å². The first-order chi connectivity index (χ1) is 14.1. The fourth-order valence-corrected chi connectivity index (χ4v) is 2.75. The Morgan fingerprint density at radius 2 is 1.69 bits per heavy atom. The summed E-state index contributed by atoms with van der Waals surface area (Å²) in [5, 5.41) is 2.88. The monoisotopic (exact) mass is 391 g/mol. The van der Waals surface area contributed by atoms with E-state index in [0.29, 0.717) is 35.1 Å². The summed E-state index contributed by atoms with van der Waals surface area (Å²) in [6.07, 6.45) is 0.898. The number of aryl methyl sites for hydroxylation is 1. The second-order valence-corrected chi connectivity index (χ2v) is 6.56. The number of hydrogen-bond acceptors (Lipinski definition) is 4. The molecule has 1 amide bonds. The Bertz CT molecular complexity index is 967. The summed E-state index contributed by atoms with van der Waals surface area (Å²) in [4.78, 5) is 12.6. The van der Waals surface area contributed by atoms with Crippen LogP contribution in [-0.4, -0.2) is 19.6 Å². The molecule has 0 saturated carbocycles. The highest BCUT2D eigenvalue weighted by atomic mass is 16.5. The van der Waals surface area contributed by atoms with Crippen LogP contribution in [0.5, 0.6) is 23.0 Å². The zero-order valence-electron chi connectivity index (χ0n) is 16.9. The number of amides is 1. The van der Waals surface area contributed by atoms with Crippen molar-refractivity contribution < 1.29 is 19.0 Å². The molecule has 0 bridgehead atoms. The molecular formula is C24H25NO4. The van der Waals surface area contributed by atoms with Crippen molar-refractivity contribution >= 4 is 11.6 Å². The summed E-state index contributed by atoms with van der Waals surface area (Å²) in [5.74, 6) is 2.45. The van der Waals surface area contributed by atoms with E-state index in [4.69, 9.17) is 14.2 Å². The Balaban J connectivity index is 1.67. The maximum Gasteiger partial charge on any atom is 0.255 e. The van der Waals surface area contributed by atoms with Crippen LogP contribution in [-0.2, 0) is 0 Å². The summed E-state index contributed by atoms with van der Waals surface area (Å²) in [7, 11) is 1.56. The van der Waals surface area contributed by atoms with Crippen LogP contribution in [0, 0.1) is 6.92 Å². The van der Waals surface area contributed by atoms with Crippen LogP contribution in [0.3, 0.4) is 0 Å². The topological polar surface area (TPSA) is 56.8 Å². The van der Waals surface area contributed by atoms with Gasteiger partial charge in [0, 0.05) is 11.3 Å². The summed E-state index contributed by atoms with van der Waals surface area (Å²) >= 11 is 0. The Morgan fingerprint density at radius 3 is 2.38 bits per heavy atom. The highest BCUT2D eigenvalue weighted by Gasteiger charge is 2.12. The first-order valence-corrected chi connectivity index (χ1v) is 9.56. The predicted molar refractivity (Wildman–Crippen MR) is 114 cm³/mol. The number of rotatable bonds is 8. The number of para-hydroxylation sites is 1. The smallest absolute Gasteiger partial charge is 0.255 e. The van der Waals surface area contributed by atoms with Crippen LogP contribution >= 0.6 is 0 Å². The third-order valence-electron chi connectivity index (χ3n) is 4.32. The lowest BCUT2D eigenvalue weighted by Gasteiger charge is -2.12. The lowest BCUT2D eigenvalue weighted by molar-refractivity contribution is 0.102. The van der Waals surface area contributed by atoms with Crippen LogP contribution in [0.4, 0.5) is 5.69 Å². The van der Waals surface area contributed by atoms with Crippen LogP contribution in [0.1, 0.15) is 29.3 Å². The van der Waals surface area contributed by atoms with Gasteiger partial charge in [-0.25, -0.2) is 0 Å². The van der Waals surface area contributed by atoms with Crippen LogP contribution in [0.25, 0.3) is 0 Å². The summed E-state index contributed by atoms with van der Waals surface area (Å²) in [6.45, 7) is 4.63. The molecule has 0 aliphatic heterocycles. The molecule has 0 aliphatic carbocycles. The van der Waals surface area contributed by atoms with E-state index >= 15 is 0 Å². The third kappa shape index (κ3) is 5.29. The number of carbonyl (C=O) groups is 1. The number of carbonyl (C=O) groups excluding carboxylic acids is 1. The molecule has 0 saturated heterocycles. The van der Waals surface area contributed by atoms with E-state index in [-0.39, 0.29) is 5.91 Å². The molecule has 0 heterocycles. The molecule has 5 heteroatoms. The van der Waals surface area contributed by atoms with Crippen LogP contribution in [0.2, 0.25) is 0 Å². The van der Waals surface area contributed by atoms with Gasteiger partial charge in [0.25, 0.3) is 5.91 Å². The van der Waals surface area contributed by atoms with E-state index in [1.807, 2.05) is 62.4 Å². The second-order valence-electron chi connectivity index (χ2n) is 6.56. The highest BCUT2D eigenvalue weighted by Crippen LogP contribution is 2.29. The van der Waals surface area contributed by atoms with E-state index in [0.717, 1.165) is 17.7 Å². The van der Waals surface area contributed by atoms with Gasteiger partial charge in [0.2, 0.25) is 0 Å². The normalized spacial score (nSPS) is 10.3. The molecule has 29 heavy (non-hydrogen) atoms. The van der Waals surface area contributed by atoms with Gasteiger partial charge in [-0.15, -0.1) is 0 Å². The summed E-state index contributed by atoms with van der Waals surface area (Å²) in [6, 6.07) is 20.2. The highest BCUT2D eigenvalue weighted by molar-refractivity contribution is 6.04. The molecule has 0 unspecified atom stereocenters. The average Bonchev–Trinajstić information content (AvgIpc) is 2.75. The fraction of sp³-hybridized carbons (Fsp3) is 0.208. The maximum atomic E-state index is 12.6. The molecule has 0 radical (unpaired) electrons. The van der Waals surface area contributed by atoms with Gasteiger partial charge in [-0.1, -0.05) is 25.1 Å². The number of nitrogens with one attached hydrogen (secondary N) is 1. The minimum atomic E-state index is -0.224. The van der Waals surface area contributed by atoms with Gasteiger partial charge in [0.05, 0.1) is 13.7 Å². The lowest BCUT2D eigenvalue weighted by atomic mass is 10.1. The van der Waals surface area contributed by atoms with Crippen LogP contribution in [0.15, 0.2) is 66.7 Å². The number of methoxy groups -OCH3 is 1. The first kappa shape index (κ1) is 20.3. The average molecular weight is 391 g/mol. The number of anilines is 1. The van der Waals surface area contributed by atoms with Crippen molar-refractivity contribution in [1.82, 2.24) is 0 Å². The maximum absolute atomic E-state index is 12.6. The molecule has 0 spiro atoms. The van der Waals surface area contributed by atoms with Crippen molar-refractivity contribution in [1.29, 1.82) is 0 Å². The molecule has 3 rings (SSSR count). The van der Waals surface area contributed by atoms with Gasteiger partial charge in [-0.05, 0) is 67.4 Å². The zero-order valence-corrected chi connectivity index (χ0v) is 16.9. The molecule has 0 atom stereocenters. The van der Waals surface area contributed by atoms with Gasteiger partial charge in [0.1, 0.15) is 11.5 Å². The molecule has 5 nitrogen and oxygen atoms in total. The largest absolute Gasteiger partial charge is 0.493 e. The SMILES string of the molecule is CCCOc1ccc(C(=O)Nc2ccc(Oc3ccccc3C)cc2)cc1OC. The van der Waals surface area contributed by atoms with Crippen molar-refractivity contribution in [2.45, 2.75) is 20.3 Å². The van der Waals surface area contributed by atoms with E-state index in [1.54, 1.807) is 25.3 Å².